The molecular weight excluding hydrogens is 314 g/mol. The van der Waals surface area contributed by atoms with Gasteiger partial charge in [0, 0.05) is 11.6 Å². The van der Waals surface area contributed by atoms with Crippen molar-refractivity contribution in [3.63, 3.8) is 0 Å². The maximum absolute atomic E-state index is 12.9. The molecule has 1 unspecified atom stereocenters. The number of hydrogen-bond donors (Lipinski definition) is 0. The summed E-state index contributed by atoms with van der Waals surface area (Å²) in [6.07, 6.45) is 0. The van der Waals surface area contributed by atoms with Crippen molar-refractivity contribution in [2.45, 2.75) is 11.4 Å². The highest BCUT2D eigenvalue weighted by molar-refractivity contribution is 7.91. The van der Waals surface area contributed by atoms with Crippen molar-refractivity contribution in [2.75, 3.05) is 5.75 Å². The van der Waals surface area contributed by atoms with Gasteiger partial charge in [-0.3, -0.25) is 4.79 Å². The molecule has 3 nitrogen and oxygen atoms in total. The van der Waals surface area contributed by atoms with Crippen molar-refractivity contribution in [3.8, 4) is 21.7 Å². The number of thiophene rings is 1. The van der Waals surface area contributed by atoms with Crippen LogP contribution in [0.1, 0.15) is 0 Å². The molecular formula is C17H13NO2S2. The van der Waals surface area contributed by atoms with E-state index in [1.807, 2.05) is 53.9 Å². The predicted octanol–water partition coefficient (Wildman–Crippen LogP) is 3.37. The summed E-state index contributed by atoms with van der Waals surface area (Å²) in [6, 6.07) is 15.4. The molecule has 1 aliphatic rings. The molecule has 0 bridgehead atoms. The molecule has 1 aliphatic heterocycles. The van der Waals surface area contributed by atoms with Gasteiger partial charge in [-0.05, 0) is 34.3 Å². The fourth-order valence-corrected chi connectivity index (χ4v) is 5.22. The highest BCUT2D eigenvalue weighted by Crippen LogP contribution is 2.35. The predicted molar refractivity (Wildman–Crippen MR) is 90.7 cm³/mol. The Kier molecular flexibility index (Phi) is 3.41. The topological polar surface area (TPSA) is 45.1 Å². The molecule has 2 aromatic heterocycles. The lowest BCUT2D eigenvalue weighted by molar-refractivity contribution is 0.590. The van der Waals surface area contributed by atoms with Crippen LogP contribution in [-0.4, -0.2) is 14.9 Å². The van der Waals surface area contributed by atoms with E-state index in [0.29, 0.717) is 17.9 Å². The fourth-order valence-electron chi connectivity index (χ4n) is 2.78. The van der Waals surface area contributed by atoms with Crippen LogP contribution >= 0.6 is 11.3 Å². The molecule has 5 heteroatoms. The number of hydrogen-bond acceptors (Lipinski definition) is 3. The van der Waals surface area contributed by atoms with E-state index in [-0.39, 0.29) is 5.56 Å². The summed E-state index contributed by atoms with van der Waals surface area (Å²) in [4.78, 5) is 14.7. The second-order valence-corrected chi connectivity index (χ2v) is 7.57. The minimum Gasteiger partial charge on any atom is -0.611 e. The SMILES string of the molecule is O=c1c(-c2ccccc2)ccc2n1CC[S+]([O-])c1ccsc1-2. The molecule has 1 atom stereocenters. The van der Waals surface area contributed by atoms with E-state index in [9.17, 15) is 9.35 Å². The Morgan fingerprint density at radius 3 is 2.73 bits per heavy atom. The van der Waals surface area contributed by atoms with Crippen LogP contribution in [0.3, 0.4) is 0 Å². The Balaban J connectivity index is 1.94. The fraction of sp³-hybridized carbons (Fsp3) is 0.118. The Morgan fingerprint density at radius 1 is 1.09 bits per heavy atom. The van der Waals surface area contributed by atoms with Gasteiger partial charge in [0.15, 0.2) is 4.90 Å². The average molecular weight is 327 g/mol. The van der Waals surface area contributed by atoms with Crippen molar-refractivity contribution in [2.24, 2.45) is 0 Å². The molecule has 0 N–H and O–H groups in total. The van der Waals surface area contributed by atoms with E-state index in [1.54, 1.807) is 15.9 Å². The number of nitrogens with zero attached hydrogens (tertiary/aromatic N) is 1. The van der Waals surface area contributed by atoms with E-state index >= 15 is 0 Å². The van der Waals surface area contributed by atoms with Crippen LogP contribution < -0.4 is 5.56 Å². The maximum Gasteiger partial charge on any atom is 0.259 e. The largest absolute Gasteiger partial charge is 0.611 e. The molecule has 0 spiro atoms. The molecule has 22 heavy (non-hydrogen) atoms. The number of rotatable bonds is 1. The number of benzene rings is 1. The van der Waals surface area contributed by atoms with E-state index < -0.39 is 11.2 Å². The zero-order valence-corrected chi connectivity index (χ0v) is 13.3. The summed E-state index contributed by atoms with van der Waals surface area (Å²) in [5, 5.41) is 1.94. The summed E-state index contributed by atoms with van der Waals surface area (Å²) >= 11 is 0.506. The van der Waals surface area contributed by atoms with Gasteiger partial charge in [-0.1, -0.05) is 30.3 Å². The van der Waals surface area contributed by atoms with Crippen molar-refractivity contribution in [3.05, 3.63) is 64.3 Å². The van der Waals surface area contributed by atoms with Crippen LogP contribution in [0.5, 0.6) is 0 Å². The number of fused-ring (bicyclic) bond motifs is 3. The highest BCUT2D eigenvalue weighted by Gasteiger charge is 2.26. The van der Waals surface area contributed by atoms with Gasteiger partial charge in [0.05, 0.1) is 12.2 Å². The van der Waals surface area contributed by atoms with Crippen molar-refractivity contribution in [1.29, 1.82) is 0 Å². The molecule has 0 saturated carbocycles. The molecule has 3 aromatic rings. The van der Waals surface area contributed by atoms with Gasteiger partial charge in [0.2, 0.25) is 0 Å². The monoisotopic (exact) mass is 327 g/mol. The first-order valence-corrected chi connectivity index (χ1v) is 9.21. The third-order valence-electron chi connectivity index (χ3n) is 3.87. The molecule has 110 valence electrons. The third-order valence-corrected chi connectivity index (χ3v) is 6.32. The van der Waals surface area contributed by atoms with E-state index in [2.05, 4.69) is 0 Å². The first-order valence-electron chi connectivity index (χ1n) is 7.01. The first-order chi connectivity index (χ1) is 10.8. The molecule has 0 radical (unpaired) electrons. The van der Waals surface area contributed by atoms with Gasteiger partial charge in [-0.2, -0.15) is 0 Å². The Hall–Kier alpha value is -1.82. The first kappa shape index (κ1) is 13.8. The lowest BCUT2D eigenvalue weighted by Gasteiger charge is -2.10. The van der Waals surface area contributed by atoms with Crippen molar-refractivity contribution < 1.29 is 4.55 Å². The third kappa shape index (κ3) is 2.13. The van der Waals surface area contributed by atoms with Gasteiger partial charge >= 0.3 is 0 Å². The summed E-state index contributed by atoms with van der Waals surface area (Å²) in [5.41, 5.74) is 2.47. The van der Waals surface area contributed by atoms with Crippen LogP contribution in [0.25, 0.3) is 21.7 Å². The van der Waals surface area contributed by atoms with Crippen LogP contribution in [0, 0.1) is 0 Å². The van der Waals surface area contributed by atoms with Gasteiger partial charge in [-0.15, -0.1) is 11.3 Å². The number of aromatic nitrogens is 1. The Labute approximate surface area is 135 Å². The normalized spacial score (nSPS) is 16.7. The standard InChI is InChI=1S/C17H13NO2S2/c19-17-13(12-4-2-1-3-5-12)6-7-14-16-15(8-10-21-16)22(20)11-9-18(14)17/h1-8,10H,9,11H2. The van der Waals surface area contributed by atoms with Crippen LogP contribution in [0.2, 0.25) is 0 Å². The Morgan fingerprint density at radius 2 is 1.91 bits per heavy atom. The molecule has 1 aromatic carbocycles. The van der Waals surface area contributed by atoms with Crippen molar-refractivity contribution in [1.82, 2.24) is 4.57 Å². The summed E-state index contributed by atoms with van der Waals surface area (Å²) < 4.78 is 14.1. The van der Waals surface area contributed by atoms with E-state index in [0.717, 1.165) is 21.0 Å². The molecule has 0 saturated heterocycles. The van der Waals surface area contributed by atoms with Crippen LogP contribution in [-0.2, 0) is 17.7 Å². The average Bonchev–Trinajstić information content (AvgIpc) is 2.99. The highest BCUT2D eigenvalue weighted by atomic mass is 32.2. The van der Waals surface area contributed by atoms with E-state index in [1.165, 1.54) is 0 Å². The molecule has 0 amide bonds. The van der Waals surface area contributed by atoms with Crippen LogP contribution in [0.4, 0.5) is 0 Å². The lowest BCUT2D eigenvalue weighted by atomic mass is 10.1. The second-order valence-electron chi connectivity index (χ2n) is 5.12. The van der Waals surface area contributed by atoms with Gasteiger partial charge in [0.25, 0.3) is 5.56 Å². The minimum atomic E-state index is -1.04. The zero-order valence-electron chi connectivity index (χ0n) is 11.7. The molecule has 3 heterocycles. The molecule has 0 aliphatic carbocycles. The van der Waals surface area contributed by atoms with Gasteiger partial charge < -0.3 is 9.12 Å². The van der Waals surface area contributed by atoms with Gasteiger partial charge in [-0.25, -0.2) is 0 Å². The maximum atomic E-state index is 12.9. The summed E-state index contributed by atoms with van der Waals surface area (Å²) in [5.74, 6) is 0.481. The Bertz CT molecular complexity index is 883. The molecule has 0 fully saturated rings. The minimum absolute atomic E-state index is 0.0121. The van der Waals surface area contributed by atoms with E-state index in [4.69, 9.17) is 0 Å². The zero-order chi connectivity index (χ0) is 15.1. The van der Waals surface area contributed by atoms with Gasteiger partial charge in [0.1, 0.15) is 10.6 Å². The summed E-state index contributed by atoms with van der Waals surface area (Å²) in [7, 11) is 0. The lowest BCUT2D eigenvalue weighted by Crippen LogP contribution is -2.24. The van der Waals surface area contributed by atoms with Crippen LogP contribution in [0.15, 0.2) is 63.6 Å². The smallest absolute Gasteiger partial charge is 0.259 e. The second kappa shape index (κ2) is 5.43. The number of pyridine rings is 1. The van der Waals surface area contributed by atoms with Crippen molar-refractivity contribution >= 4 is 22.5 Å². The summed E-state index contributed by atoms with van der Waals surface area (Å²) in [6.45, 7) is 0.489. The molecule has 4 rings (SSSR count). The quantitative estimate of drug-likeness (QED) is 0.643.